The number of aliphatic carboxylic acids is 1. The van der Waals surface area contributed by atoms with Crippen molar-refractivity contribution >= 4 is 26.9 Å². The van der Waals surface area contributed by atoms with Crippen LogP contribution < -0.4 is 14.2 Å². The van der Waals surface area contributed by atoms with E-state index in [2.05, 4.69) is 21.1 Å². The molecule has 0 aliphatic heterocycles. The SMILES string of the molecule is CC#CCOc1ccc(S(=O)(=O)N[C@@H](Cc2cn(CC3CCC3)c3ccc(OC)cc23)C(=O)O)cc1. The molecule has 1 aliphatic carbocycles. The summed E-state index contributed by atoms with van der Waals surface area (Å²) in [5.41, 5.74) is 1.73. The van der Waals surface area contributed by atoms with Gasteiger partial charge in [0.25, 0.3) is 0 Å². The van der Waals surface area contributed by atoms with Crippen LogP contribution in [-0.4, -0.2) is 43.8 Å². The zero-order chi connectivity index (χ0) is 25.7. The molecule has 3 aromatic rings. The lowest BCUT2D eigenvalue weighted by molar-refractivity contribution is -0.138. The normalized spacial score (nSPS) is 14.5. The monoisotopic (exact) mass is 510 g/mol. The van der Waals surface area contributed by atoms with Crippen molar-refractivity contribution in [2.75, 3.05) is 13.7 Å². The first-order valence-corrected chi connectivity index (χ1v) is 13.3. The molecule has 190 valence electrons. The second-order valence-electron chi connectivity index (χ2n) is 8.89. The molecule has 1 aromatic heterocycles. The topological polar surface area (TPSA) is 107 Å². The van der Waals surface area contributed by atoms with E-state index in [-0.39, 0.29) is 17.9 Å². The van der Waals surface area contributed by atoms with E-state index in [9.17, 15) is 18.3 Å². The molecule has 0 radical (unpaired) electrons. The molecule has 1 heterocycles. The number of carboxylic acid groups (broad SMARTS) is 1. The predicted octanol–water partition coefficient (Wildman–Crippen LogP) is 3.83. The summed E-state index contributed by atoms with van der Waals surface area (Å²) in [5, 5.41) is 10.7. The minimum atomic E-state index is -4.09. The minimum Gasteiger partial charge on any atom is -0.497 e. The maximum Gasteiger partial charge on any atom is 0.322 e. The second kappa shape index (κ2) is 11.1. The number of ether oxygens (including phenoxy) is 2. The molecule has 1 fully saturated rings. The summed E-state index contributed by atoms with van der Waals surface area (Å²) in [7, 11) is -2.51. The Morgan fingerprint density at radius 2 is 1.92 bits per heavy atom. The van der Waals surface area contributed by atoms with E-state index in [0.717, 1.165) is 23.0 Å². The highest BCUT2D eigenvalue weighted by molar-refractivity contribution is 7.89. The summed E-state index contributed by atoms with van der Waals surface area (Å²) in [5.74, 6) is 5.96. The van der Waals surface area contributed by atoms with Gasteiger partial charge in [-0.1, -0.05) is 12.3 Å². The highest BCUT2D eigenvalue weighted by Crippen LogP contribution is 2.32. The molecule has 2 aromatic carbocycles. The van der Waals surface area contributed by atoms with Crippen molar-refractivity contribution in [3.05, 3.63) is 54.2 Å². The number of fused-ring (bicyclic) bond motifs is 1. The smallest absolute Gasteiger partial charge is 0.322 e. The number of carbonyl (C=O) groups is 1. The minimum absolute atomic E-state index is 0.00716. The third-order valence-corrected chi connectivity index (χ3v) is 7.98. The molecule has 4 rings (SSSR count). The van der Waals surface area contributed by atoms with Gasteiger partial charge in [0.2, 0.25) is 10.0 Å². The first-order valence-electron chi connectivity index (χ1n) is 11.8. The van der Waals surface area contributed by atoms with Gasteiger partial charge in [0, 0.05) is 30.1 Å². The highest BCUT2D eigenvalue weighted by Gasteiger charge is 2.28. The van der Waals surface area contributed by atoms with Crippen LogP contribution in [0.4, 0.5) is 0 Å². The van der Waals surface area contributed by atoms with Crippen LogP contribution in [0.1, 0.15) is 31.7 Å². The van der Waals surface area contributed by atoms with E-state index in [0.29, 0.717) is 17.4 Å². The van der Waals surface area contributed by atoms with Gasteiger partial charge in [-0.15, -0.1) is 5.92 Å². The van der Waals surface area contributed by atoms with Gasteiger partial charge in [-0.25, -0.2) is 8.42 Å². The molecule has 0 spiro atoms. The Hall–Kier alpha value is -3.48. The zero-order valence-corrected chi connectivity index (χ0v) is 21.2. The molecule has 9 heteroatoms. The number of hydrogen-bond donors (Lipinski definition) is 2. The summed E-state index contributed by atoms with van der Waals surface area (Å²) in [6, 6.07) is 10.2. The van der Waals surface area contributed by atoms with Gasteiger partial charge in [-0.05, 0) is 73.7 Å². The summed E-state index contributed by atoms with van der Waals surface area (Å²) < 4.78 is 41.3. The van der Waals surface area contributed by atoms with Gasteiger partial charge in [0.15, 0.2) is 0 Å². The van der Waals surface area contributed by atoms with Crippen molar-refractivity contribution in [3.8, 4) is 23.3 Å². The summed E-state index contributed by atoms with van der Waals surface area (Å²) >= 11 is 0. The number of methoxy groups -OCH3 is 1. The number of nitrogens with one attached hydrogen (secondary N) is 1. The maximum absolute atomic E-state index is 13.0. The molecule has 2 N–H and O–H groups in total. The Labute approximate surface area is 211 Å². The van der Waals surface area contributed by atoms with Crippen molar-refractivity contribution in [2.24, 2.45) is 5.92 Å². The first kappa shape index (κ1) is 25.6. The molecular formula is C27H30N2O6S. The summed E-state index contributed by atoms with van der Waals surface area (Å²) in [6.45, 7) is 2.75. The van der Waals surface area contributed by atoms with Crippen molar-refractivity contribution < 1.29 is 27.8 Å². The molecular weight excluding hydrogens is 480 g/mol. The van der Waals surface area contributed by atoms with Crippen molar-refractivity contribution in [3.63, 3.8) is 0 Å². The summed E-state index contributed by atoms with van der Waals surface area (Å²) in [4.78, 5) is 12.1. The van der Waals surface area contributed by atoms with Gasteiger partial charge in [0.05, 0.1) is 12.0 Å². The van der Waals surface area contributed by atoms with Crippen LogP contribution in [0.2, 0.25) is 0 Å². The van der Waals surface area contributed by atoms with E-state index in [1.807, 2.05) is 24.4 Å². The molecule has 1 aliphatic rings. The number of hydrogen-bond acceptors (Lipinski definition) is 5. The molecule has 0 unspecified atom stereocenters. The van der Waals surface area contributed by atoms with Crippen molar-refractivity contribution in [2.45, 2.75) is 50.1 Å². The van der Waals surface area contributed by atoms with E-state index < -0.39 is 22.0 Å². The first-order chi connectivity index (χ1) is 17.3. The average Bonchev–Trinajstić information content (AvgIpc) is 3.17. The van der Waals surface area contributed by atoms with Gasteiger partial charge in [0.1, 0.15) is 24.1 Å². The predicted molar refractivity (Wildman–Crippen MR) is 137 cm³/mol. The molecule has 1 atom stereocenters. The lowest BCUT2D eigenvalue weighted by Gasteiger charge is -2.26. The Morgan fingerprint density at radius 3 is 2.53 bits per heavy atom. The number of carboxylic acids is 1. The Morgan fingerprint density at radius 1 is 1.19 bits per heavy atom. The Balaban J connectivity index is 1.57. The third-order valence-electron chi connectivity index (χ3n) is 6.49. The van der Waals surface area contributed by atoms with Crippen LogP contribution in [0.3, 0.4) is 0 Å². The van der Waals surface area contributed by atoms with Gasteiger partial charge < -0.3 is 19.1 Å². The lowest BCUT2D eigenvalue weighted by atomic mass is 9.85. The maximum atomic E-state index is 13.0. The largest absolute Gasteiger partial charge is 0.497 e. The van der Waals surface area contributed by atoms with Gasteiger partial charge in [-0.3, -0.25) is 4.79 Å². The Kier molecular flexibility index (Phi) is 7.87. The number of sulfonamides is 1. The number of aromatic nitrogens is 1. The molecule has 0 saturated heterocycles. The van der Waals surface area contributed by atoms with E-state index in [1.165, 1.54) is 43.5 Å². The highest BCUT2D eigenvalue weighted by atomic mass is 32.2. The van der Waals surface area contributed by atoms with Crippen molar-refractivity contribution in [1.82, 2.24) is 9.29 Å². The molecule has 1 saturated carbocycles. The second-order valence-corrected chi connectivity index (χ2v) is 10.6. The molecule has 0 bridgehead atoms. The van der Waals surface area contributed by atoms with E-state index in [4.69, 9.17) is 9.47 Å². The number of nitrogens with zero attached hydrogens (tertiary/aromatic N) is 1. The zero-order valence-electron chi connectivity index (χ0n) is 20.4. The molecule has 36 heavy (non-hydrogen) atoms. The summed E-state index contributed by atoms with van der Waals surface area (Å²) in [6.07, 6.45) is 5.52. The third kappa shape index (κ3) is 5.83. The van der Waals surface area contributed by atoms with Crippen LogP contribution in [0.15, 0.2) is 53.6 Å². The average molecular weight is 511 g/mol. The van der Waals surface area contributed by atoms with Crippen LogP contribution in [-0.2, 0) is 27.8 Å². The van der Waals surface area contributed by atoms with E-state index in [1.54, 1.807) is 14.0 Å². The fourth-order valence-corrected chi connectivity index (χ4v) is 5.49. The number of benzene rings is 2. The number of rotatable bonds is 11. The Bertz CT molecular complexity index is 1400. The van der Waals surface area contributed by atoms with Gasteiger partial charge >= 0.3 is 5.97 Å². The van der Waals surface area contributed by atoms with Crippen LogP contribution in [0.5, 0.6) is 11.5 Å². The molecule has 8 nitrogen and oxygen atoms in total. The van der Waals surface area contributed by atoms with Crippen LogP contribution >= 0.6 is 0 Å². The lowest BCUT2D eigenvalue weighted by Crippen LogP contribution is -2.42. The van der Waals surface area contributed by atoms with E-state index >= 15 is 0 Å². The molecule has 0 amide bonds. The fraction of sp³-hybridized carbons (Fsp3) is 0.370. The van der Waals surface area contributed by atoms with Crippen LogP contribution in [0, 0.1) is 17.8 Å². The fourth-order valence-electron chi connectivity index (χ4n) is 4.31. The quantitative estimate of drug-likeness (QED) is 0.380. The van der Waals surface area contributed by atoms with Gasteiger partial charge in [-0.2, -0.15) is 4.72 Å². The standard InChI is InChI=1S/C27H30N2O6S/c1-3-4-14-35-21-8-11-23(12-9-21)36(32,33)28-25(27(30)31)15-20-18-29(17-19-6-5-7-19)26-13-10-22(34-2)16-24(20)26/h8-13,16,18-19,25,28H,5-7,14-15,17H2,1-2H3,(H,30,31)/t25-/m0/s1. The van der Waals surface area contributed by atoms with Crippen molar-refractivity contribution in [1.29, 1.82) is 0 Å². The van der Waals surface area contributed by atoms with Crippen LogP contribution in [0.25, 0.3) is 10.9 Å².